The van der Waals surface area contributed by atoms with Crippen molar-refractivity contribution in [1.29, 1.82) is 0 Å². The second-order valence-electron chi connectivity index (χ2n) is 10.9. The van der Waals surface area contributed by atoms with Gasteiger partial charge in [-0.05, 0) is 43.0 Å². The van der Waals surface area contributed by atoms with E-state index >= 15 is 0 Å². The van der Waals surface area contributed by atoms with E-state index in [1.54, 1.807) is 20.8 Å². The number of carbonyl (C=O) groups is 2. The Bertz CT molecular complexity index is 1450. The van der Waals surface area contributed by atoms with Crippen LogP contribution in [-0.2, 0) is 14.3 Å². The quantitative estimate of drug-likeness (QED) is 0.114. The highest BCUT2D eigenvalue weighted by Gasteiger charge is 2.44. The number of amides is 1. The molecular weight excluding hydrogens is 549 g/mol. The molecule has 3 aromatic rings. The summed E-state index contributed by atoms with van der Waals surface area (Å²) in [5.41, 5.74) is 3.25. The third-order valence-corrected chi connectivity index (χ3v) is 7.00. The Morgan fingerprint density at radius 2 is 1.34 bits per heavy atom. The molecule has 11 heteroatoms. The number of esters is 1. The molecule has 1 heterocycles. The van der Waals surface area contributed by atoms with Crippen LogP contribution in [0.2, 0.25) is 0 Å². The van der Waals surface area contributed by atoms with Crippen molar-refractivity contribution in [1.82, 2.24) is 4.90 Å². The van der Waals surface area contributed by atoms with E-state index in [9.17, 15) is 31.5 Å². The van der Waals surface area contributed by atoms with Gasteiger partial charge in [-0.3, -0.25) is 4.90 Å². The summed E-state index contributed by atoms with van der Waals surface area (Å²) in [4.78, 5) is 27.3. The van der Waals surface area contributed by atoms with E-state index in [0.29, 0.717) is 0 Å². The zero-order valence-corrected chi connectivity index (χ0v) is 22.4. The summed E-state index contributed by atoms with van der Waals surface area (Å²) >= 11 is 0. The van der Waals surface area contributed by atoms with Gasteiger partial charge in [-0.15, -0.1) is 0 Å². The second-order valence-corrected chi connectivity index (χ2v) is 10.9. The number of ether oxygens (including phenoxy) is 3. The zero-order valence-electron chi connectivity index (χ0n) is 22.4. The van der Waals surface area contributed by atoms with Gasteiger partial charge >= 0.3 is 12.1 Å². The van der Waals surface area contributed by atoms with Crippen LogP contribution in [0.4, 0.5) is 26.7 Å². The van der Waals surface area contributed by atoms with Crippen LogP contribution in [0.1, 0.15) is 44.2 Å². The SMILES string of the molecule is CC(C)(C)OC1C[C@@H](C(=O)Oc2c(F)c(F)c(F)c(F)c2F)N(C(=O)OCC2c3ccccc3-c3ccccc32)C1. The number of halogens is 5. The maximum atomic E-state index is 14.2. The lowest BCUT2D eigenvalue weighted by molar-refractivity contribution is -0.139. The van der Waals surface area contributed by atoms with E-state index in [4.69, 9.17) is 9.47 Å². The Labute approximate surface area is 232 Å². The maximum absolute atomic E-state index is 14.2. The second kappa shape index (κ2) is 10.8. The molecular formula is C30H26F5NO5. The summed E-state index contributed by atoms with van der Waals surface area (Å²) in [6.07, 6.45) is -1.79. The van der Waals surface area contributed by atoms with E-state index in [2.05, 4.69) is 4.74 Å². The number of fused-ring (bicyclic) bond motifs is 3. The van der Waals surface area contributed by atoms with Crippen molar-refractivity contribution in [2.24, 2.45) is 0 Å². The average Bonchev–Trinajstić information content (AvgIpc) is 3.50. The molecule has 1 fully saturated rings. The Morgan fingerprint density at radius 1 is 0.829 bits per heavy atom. The van der Waals surface area contributed by atoms with Crippen molar-refractivity contribution in [3.05, 3.63) is 88.7 Å². The van der Waals surface area contributed by atoms with Gasteiger partial charge in [0, 0.05) is 12.3 Å². The zero-order chi connectivity index (χ0) is 29.6. The fourth-order valence-corrected chi connectivity index (χ4v) is 5.33. The molecule has 2 atom stereocenters. The highest BCUT2D eigenvalue weighted by Crippen LogP contribution is 2.44. The summed E-state index contributed by atoms with van der Waals surface area (Å²) in [5.74, 6) is -15.0. The van der Waals surface area contributed by atoms with Crippen molar-refractivity contribution >= 4 is 12.1 Å². The molecule has 0 aromatic heterocycles. The van der Waals surface area contributed by atoms with Crippen molar-refractivity contribution in [2.45, 2.75) is 50.9 Å². The van der Waals surface area contributed by atoms with Gasteiger partial charge in [0.25, 0.3) is 0 Å². The first-order valence-electron chi connectivity index (χ1n) is 12.9. The minimum absolute atomic E-state index is 0.0758. The van der Waals surface area contributed by atoms with E-state index in [-0.39, 0.29) is 25.5 Å². The van der Waals surface area contributed by atoms with Gasteiger partial charge < -0.3 is 14.2 Å². The highest BCUT2D eigenvalue weighted by molar-refractivity contribution is 5.84. The molecule has 3 aromatic carbocycles. The lowest BCUT2D eigenvalue weighted by atomic mass is 9.98. The summed E-state index contributed by atoms with van der Waals surface area (Å²) in [6.45, 7) is 5.06. The fraction of sp³-hybridized carbons (Fsp3) is 0.333. The number of rotatable bonds is 5. The molecule has 0 spiro atoms. The van der Waals surface area contributed by atoms with Crippen LogP contribution in [0.3, 0.4) is 0 Å². The minimum atomic E-state index is -2.39. The first-order chi connectivity index (χ1) is 19.4. The molecule has 1 saturated heterocycles. The van der Waals surface area contributed by atoms with Crippen LogP contribution in [0.25, 0.3) is 11.1 Å². The topological polar surface area (TPSA) is 65.1 Å². The first-order valence-corrected chi connectivity index (χ1v) is 12.9. The third kappa shape index (κ3) is 5.38. The largest absolute Gasteiger partial charge is 0.448 e. The molecule has 0 bridgehead atoms. The van der Waals surface area contributed by atoms with Gasteiger partial charge in [0.05, 0.1) is 18.2 Å². The molecule has 0 radical (unpaired) electrons. The molecule has 1 amide bonds. The van der Waals surface area contributed by atoms with Gasteiger partial charge in [0.2, 0.25) is 34.8 Å². The van der Waals surface area contributed by atoms with E-state index in [0.717, 1.165) is 27.2 Å². The van der Waals surface area contributed by atoms with Crippen molar-refractivity contribution in [3.8, 4) is 16.9 Å². The smallest absolute Gasteiger partial charge is 0.410 e. The van der Waals surface area contributed by atoms with Gasteiger partial charge in [0.1, 0.15) is 12.6 Å². The standard InChI is InChI=1S/C30H26F5NO5/c1-30(2,3)41-15-12-21(28(37)40-27-25(34)23(32)22(31)24(33)26(27)35)36(13-15)29(38)39-14-20-18-10-6-4-8-16(18)17-9-5-7-11-19(17)20/h4-11,15,20-21H,12-14H2,1-3H3/t15?,21-/m0/s1. The number of benzene rings is 3. The Balaban J connectivity index is 1.37. The van der Waals surface area contributed by atoms with Crippen molar-refractivity contribution < 1.29 is 45.8 Å². The number of hydrogen-bond donors (Lipinski definition) is 0. The predicted octanol–water partition coefficient (Wildman–Crippen LogP) is 6.49. The highest BCUT2D eigenvalue weighted by atomic mass is 19.2. The molecule has 1 unspecified atom stereocenters. The van der Waals surface area contributed by atoms with Gasteiger partial charge in [-0.25, -0.2) is 22.8 Å². The molecule has 0 saturated carbocycles. The van der Waals surface area contributed by atoms with Gasteiger partial charge in [-0.2, -0.15) is 8.78 Å². The number of likely N-dealkylation sites (tertiary alicyclic amines) is 1. The minimum Gasteiger partial charge on any atom is -0.448 e. The van der Waals surface area contributed by atoms with Gasteiger partial charge in [-0.1, -0.05) is 48.5 Å². The third-order valence-electron chi connectivity index (χ3n) is 7.00. The molecule has 1 aliphatic carbocycles. The summed E-state index contributed by atoms with van der Waals surface area (Å²) < 4.78 is 85.5. The van der Waals surface area contributed by atoms with E-state index < -0.39 is 64.6 Å². The number of hydrogen-bond acceptors (Lipinski definition) is 5. The lowest BCUT2D eigenvalue weighted by Gasteiger charge is -2.25. The molecule has 5 rings (SSSR count). The summed E-state index contributed by atoms with van der Waals surface area (Å²) in [6, 6.07) is 13.9. The normalized spacial score (nSPS) is 18.3. The van der Waals surface area contributed by atoms with E-state index in [1.165, 1.54) is 0 Å². The molecule has 0 N–H and O–H groups in total. The van der Waals surface area contributed by atoms with Crippen molar-refractivity contribution in [3.63, 3.8) is 0 Å². The molecule has 216 valence electrons. The molecule has 1 aliphatic heterocycles. The maximum Gasteiger partial charge on any atom is 0.410 e. The van der Waals surface area contributed by atoms with E-state index in [1.807, 2.05) is 48.5 Å². The fourth-order valence-electron chi connectivity index (χ4n) is 5.33. The lowest BCUT2D eigenvalue weighted by Crippen LogP contribution is -2.43. The van der Waals surface area contributed by atoms with Crippen LogP contribution < -0.4 is 4.74 Å². The molecule has 6 nitrogen and oxygen atoms in total. The Hall–Kier alpha value is -3.99. The molecule has 2 aliphatic rings. The van der Waals surface area contributed by atoms with Crippen LogP contribution in [0.15, 0.2) is 48.5 Å². The van der Waals surface area contributed by atoms with Gasteiger partial charge in [0.15, 0.2) is 0 Å². The van der Waals surface area contributed by atoms with Crippen molar-refractivity contribution in [2.75, 3.05) is 13.2 Å². The summed E-state index contributed by atoms with van der Waals surface area (Å²) in [5, 5.41) is 0. The van der Waals surface area contributed by atoms with Crippen LogP contribution >= 0.6 is 0 Å². The summed E-state index contributed by atoms with van der Waals surface area (Å²) in [7, 11) is 0. The Kier molecular flexibility index (Phi) is 7.50. The number of carbonyl (C=O) groups excluding carboxylic acids is 2. The molecule has 41 heavy (non-hydrogen) atoms. The Morgan fingerprint density at radius 3 is 1.88 bits per heavy atom. The predicted molar refractivity (Wildman–Crippen MR) is 137 cm³/mol. The van der Waals surface area contributed by atoms with Crippen LogP contribution in [0.5, 0.6) is 5.75 Å². The number of nitrogens with zero attached hydrogens (tertiary/aromatic N) is 1. The van der Waals surface area contributed by atoms with Crippen LogP contribution in [-0.4, -0.2) is 47.9 Å². The first kappa shape index (κ1) is 28.5. The monoisotopic (exact) mass is 575 g/mol. The average molecular weight is 576 g/mol. The van der Waals surface area contributed by atoms with Crippen LogP contribution in [0, 0.1) is 29.1 Å².